The van der Waals surface area contributed by atoms with E-state index in [-0.39, 0.29) is 35.9 Å². The normalized spacial score (nSPS) is 9.90. The van der Waals surface area contributed by atoms with E-state index < -0.39 is 5.95 Å². The number of rotatable bonds is 3. The minimum Gasteiger partial charge on any atom is -0.544 e. The van der Waals surface area contributed by atoms with Crippen LogP contribution in [-0.2, 0) is 0 Å². The SMILES string of the molecule is O=C(c1ccccc1)c1c(-c2ccccc2)noc1[O-].[Li+]. The summed E-state index contributed by atoms with van der Waals surface area (Å²) in [6.07, 6.45) is 0. The van der Waals surface area contributed by atoms with Crippen molar-refractivity contribution in [2.75, 3.05) is 0 Å². The largest absolute Gasteiger partial charge is 1.00 e. The fourth-order valence-corrected chi connectivity index (χ4v) is 2.00. The Hall–Kier alpha value is -2.28. The van der Waals surface area contributed by atoms with Crippen molar-refractivity contribution in [3.63, 3.8) is 0 Å². The minimum absolute atomic E-state index is 0. The first-order chi connectivity index (χ1) is 9.77. The van der Waals surface area contributed by atoms with Gasteiger partial charge in [0.25, 0.3) is 0 Å². The van der Waals surface area contributed by atoms with E-state index >= 15 is 0 Å². The summed E-state index contributed by atoms with van der Waals surface area (Å²) in [5.74, 6) is -1.09. The summed E-state index contributed by atoms with van der Waals surface area (Å²) in [6.45, 7) is 0. The second kappa shape index (κ2) is 6.45. The van der Waals surface area contributed by atoms with Crippen LogP contribution in [0, 0.1) is 0 Å². The molecule has 0 saturated heterocycles. The van der Waals surface area contributed by atoms with E-state index in [0.717, 1.165) is 0 Å². The molecule has 21 heavy (non-hydrogen) atoms. The molecule has 0 radical (unpaired) electrons. The second-order valence-corrected chi connectivity index (χ2v) is 4.25. The van der Waals surface area contributed by atoms with Crippen LogP contribution in [0.15, 0.2) is 65.2 Å². The Morgan fingerprint density at radius 1 is 0.952 bits per heavy atom. The van der Waals surface area contributed by atoms with Crippen LogP contribution in [0.1, 0.15) is 15.9 Å². The summed E-state index contributed by atoms with van der Waals surface area (Å²) in [4.78, 5) is 12.4. The predicted octanol–water partition coefficient (Wildman–Crippen LogP) is -0.350. The van der Waals surface area contributed by atoms with Crippen molar-refractivity contribution in [1.29, 1.82) is 0 Å². The topological polar surface area (TPSA) is 66.2 Å². The molecule has 0 aliphatic rings. The third kappa shape index (κ3) is 2.92. The molecule has 1 aromatic heterocycles. The number of hydrogen-bond donors (Lipinski definition) is 0. The van der Waals surface area contributed by atoms with Gasteiger partial charge in [-0.3, -0.25) is 4.79 Å². The molecule has 0 saturated carbocycles. The van der Waals surface area contributed by atoms with Crippen molar-refractivity contribution in [2.24, 2.45) is 0 Å². The van der Waals surface area contributed by atoms with Crippen LogP contribution in [0.2, 0.25) is 0 Å². The third-order valence-corrected chi connectivity index (χ3v) is 2.97. The maximum atomic E-state index is 12.4. The average molecular weight is 271 g/mol. The number of carbonyl (C=O) groups excluding carboxylic acids is 1. The fraction of sp³-hybridized carbons (Fsp3) is 0. The van der Waals surface area contributed by atoms with Gasteiger partial charge in [-0.25, -0.2) is 0 Å². The van der Waals surface area contributed by atoms with Crippen molar-refractivity contribution in [3.05, 3.63) is 71.8 Å². The van der Waals surface area contributed by atoms with E-state index in [1.165, 1.54) is 0 Å². The summed E-state index contributed by atoms with van der Waals surface area (Å²) < 4.78 is 4.67. The molecule has 0 spiro atoms. The molecule has 0 N–H and O–H groups in total. The molecule has 0 unspecified atom stereocenters. The first kappa shape index (κ1) is 15.1. The maximum absolute atomic E-state index is 12.4. The van der Waals surface area contributed by atoms with Gasteiger partial charge in [-0.2, -0.15) is 5.16 Å². The third-order valence-electron chi connectivity index (χ3n) is 2.97. The van der Waals surface area contributed by atoms with Gasteiger partial charge in [0.1, 0.15) is 0 Å². The van der Waals surface area contributed by atoms with Crippen LogP contribution < -0.4 is 24.0 Å². The van der Waals surface area contributed by atoms with Gasteiger partial charge in [0.15, 0.2) is 5.78 Å². The number of ketones is 1. The zero-order chi connectivity index (χ0) is 13.9. The van der Waals surface area contributed by atoms with Gasteiger partial charge in [-0.05, 0) is 0 Å². The molecule has 4 nitrogen and oxygen atoms in total. The molecule has 98 valence electrons. The van der Waals surface area contributed by atoms with E-state index in [1.54, 1.807) is 42.5 Å². The Morgan fingerprint density at radius 3 is 2.14 bits per heavy atom. The fourth-order valence-electron chi connectivity index (χ4n) is 2.00. The summed E-state index contributed by atoms with van der Waals surface area (Å²) in [5, 5.41) is 15.5. The van der Waals surface area contributed by atoms with E-state index in [9.17, 15) is 9.90 Å². The Balaban J connectivity index is 0.00000161. The Labute approximate surface area is 133 Å². The van der Waals surface area contributed by atoms with E-state index in [4.69, 9.17) is 0 Å². The number of aromatic nitrogens is 1. The number of hydrogen-bond acceptors (Lipinski definition) is 4. The molecule has 0 amide bonds. The molecule has 3 aromatic rings. The number of nitrogens with zero attached hydrogens (tertiary/aromatic N) is 1. The van der Waals surface area contributed by atoms with Crippen LogP contribution in [0.5, 0.6) is 5.95 Å². The Morgan fingerprint density at radius 2 is 1.52 bits per heavy atom. The molecule has 3 rings (SSSR count). The molecule has 2 aromatic carbocycles. The van der Waals surface area contributed by atoms with Gasteiger partial charge in [-0.15, -0.1) is 0 Å². The van der Waals surface area contributed by atoms with Gasteiger partial charge in [-0.1, -0.05) is 60.7 Å². The number of benzene rings is 2. The standard InChI is InChI=1S/C16H11NO3.Li/c18-15(12-9-5-2-6-10-12)13-14(17-20-16(13)19)11-7-3-1-4-8-11;/h1-10,19H;/q;+1/p-1. The number of carbonyl (C=O) groups is 1. The van der Waals surface area contributed by atoms with Crippen LogP contribution >= 0.6 is 0 Å². The van der Waals surface area contributed by atoms with E-state index in [1.807, 2.05) is 18.2 Å². The Kier molecular flexibility index (Phi) is 4.64. The first-order valence-corrected chi connectivity index (χ1v) is 6.09. The molecule has 0 aliphatic heterocycles. The zero-order valence-corrected chi connectivity index (χ0v) is 11.4. The quantitative estimate of drug-likeness (QED) is 0.482. The van der Waals surface area contributed by atoms with Gasteiger partial charge in [0.2, 0.25) is 0 Å². The van der Waals surface area contributed by atoms with E-state index in [2.05, 4.69) is 9.68 Å². The second-order valence-electron chi connectivity index (χ2n) is 4.25. The predicted molar refractivity (Wildman–Crippen MR) is 71.3 cm³/mol. The first-order valence-electron chi connectivity index (χ1n) is 6.09. The minimum atomic E-state index is -0.710. The molecule has 1 heterocycles. The molecule has 5 heteroatoms. The summed E-state index contributed by atoms with van der Waals surface area (Å²) >= 11 is 0. The van der Waals surface area contributed by atoms with Gasteiger partial charge in [0.05, 0.1) is 17.2 Å². The van der Waals surface area contributed by atoms with Crippen LogP contribution in [-0.4, -0.2) is 10.9 Å². The molecular weight excluding hydrogens is 261 g/mol. The summed E-state index contributed by atoms with van der Waals surface area (Å²) in [6, 6.07) is 17.6. The monoisotopic (exact) mass is 271 g/mol. The average Bonchev–Trinajstić information content (AvgIpc) is 2.90. The van der Waals surface area contributed by atoms with Gasteiger partial charge in [0, 0.05) is 11.1 Å². The van der Waals surface area contributed by atoms with E-state index in [0.29, 0.717) is 11.1 Å². The smallest absolute Gasteiger partial charge is 0.544 e. The molecular formula is C16H10LiNO3. The van der Waals surface area contributed by atoms with Crippen molar-refractivity contribution in [2.45, 2.75) is 0 Å². The van der Waals surface area contributed by atoms with Crippen LogP contribution in [0.25, 0.3) is 11.3 Å². The molecule has 0 atom stereocenters. The summed E-state index contributed by atoms with van der Waals surface area (Å²) in [7, 11) is 0. The maximum Gasteiger partial charge on any atom is 1.00 e. The van der Waals surface area contributed by atoms with Crippen molar-refractivity contribution in [3.8, 4) is 17.2 Å². The zero-order valence-electron chi connectivity index (χ0n) is 11.4. The van der Waals surface area contributed by atoms with Crippen molar-refractivity contribution in [1.82, 2.24) is 5.16 Å². The summed E-state index contributed by atoms with van der Waals surface area (Å²) in [5.41, 5.74) is 1.37. The molecule has 0 bridgehead atoms. The Bertz CT molecular complexity index is 739. The van der Waals surface area contributed by atoms with Crippen LogP contribution in [0.4, 0.5) is 0 Å². The molecule has 0 fully saturated rings. The van der Waals surface area contributed by atoms with Crippen molar-refractivity contribution >= 4 is 5.78 Å². The van der Waals surface area contributed by atoms with Crippen molar-refractivity contribution < 1.29 is 33.3 Å². The van der Waals surface area contributed by atoms with Crippen LogP contribution in [0.3, 0.4) is 0 Å². The van der Waals surface area contributed by atoms with Gasteiger partial charge < -0.3 is 9.63 Å². The molecule has 0 aliphatic carbocycles. The van der Waals surface area contributed by atoms with Gasteiger partial charge >= 0.3 is 18.9 Å².